The van der Waals surface area contributed by atoms with Gasteiger partial charge in [0.25, 0.3) is 5.56 Å². The summed E-state index contributed by atoms with van der Waals surface area (Å²) < 4.78 is 6.54. The molecule has 3 rings (SSSR count). The molecule has 0 amide bonds. The lowest BCUT2D eigenvalue weighted by atomic mass is 10.1. The molecule has 25 heavy (non-hydrogen) atoms. The Bertz CT molecular complexity index is 921. The number of benzene rings is 1. The number of hydrogen-bond donors (Lipinski definition) is 2. The molecular weight excluding hydrogens is 322 g/mol. The van der Waals surface area contributed by atoms with E-state index in [1.54, 1.807) is 12.1 Å². The molecule has 1 saturated heterocycles. The number of rotatable bonds is 4. The van der Waals surface area contributed by atoms with E-state index in [-0.39, 0.29) is 11.7 Å². The number of hydrogen-bond acceptors (Lipinski definition) is 5. The fraction of sp³-hybridized carbons (Fsp3) is 0.389. The van der Waals surface area contributed by atoms with Crippen LogP contribution in [0, 0.1) is 13.8 Å². The van der Waals surface area contributed by atoms with Crippen molar-refractivity contribution >= 4 is 6.21 Å². The van der Waals surface area contributed by atoms with E-state index < -0.39 is 17.1 Å². The molecule has 0 spiro atoms. The lowest BCUT2D eigenvalue weighted by Gasteiger charge is -2.11. The van der Waals surface area contributed by atoms with Gasteiger partial charge in [-0.1, -0.05) is 6.07 Å². The van der Waals surface area contributed by atoms with Gasteiger partial charge in [-0.25, -0.2) is 9.36 Å². The van der Waals surface area contributed by atoms with E-state index in [4.69, 9.17) is 4.74 Å². The van der Waals surface area contributed by atoms with Gasteiger partial charge in [-0.3, -0.25) is 14.8 Å². The first-order valence-corrected chi connectivity index (χ1v) is 8.24. The number of aliphatic imine (C=N–C) groups is 1. The molecule has 0 saturated carbocycles. The lowest BCUT2D eigenvalue weighted by molar-refractivity contribution is 0.118. The molecule has 0 radical (unpaired) electrons. The zero-order valence-corrected chi connectivity index (χ0v) is 14.3. The predicted octanol–water partition coefficient (Wildman–Crippen LogP) is 1.45. The maximum Gasteiger partial charge on any atom is 0.335 e. The highest BCUT2D eigenvalue weighted by Crippen LogP contribution is 2.18. The van der Waals surface area contributed by atoms with E-state index in [0.717, 1.165) is 35.1 Å². The fourth-order valence-electron chi connectivity index (χ4n) is 2.81. The molecule has 1 atom stereocenters. The van der Waals surface area contributed by atoms with Gasteiger partial charge >= 0.3 is 5.69 Å². The number of nitrogens with one attached hydrogen (secondary N) is 1. The standard InChI is InChI=1S/C18H21N3O4/c1-11-5-6-13(8-12(11)2)21-17(23)15(16(22)20-18(21)24)10-19-9-14-4-3-7-25-14/h5-6,8,10,14,23H,3-4,7,9H2,1-2H3,(H,20,22,24)/t14-/m0/s1. The Labute approximate surface area is 144 Å². The van der Waals surface area contributed by atoms with Crippen molar-refractivity contribution in [3.63, 3.8) is 0 Å². The van der Waals surface area contributed by atoms with Crippen LogP contribution in [-0.4, -0.2) is 40.1 Å². The number of aryl methyl sites for hydroxylation is 2. The van der Waals surface area contributed by atoms with Crippen LogP contribution in [0.25, 0.3) is 5.69 Å². The normalized spacial score (nSPS) is 17.4. The second-order valence-corrected chi connectivity index (χ2v) is 6.23. The average Bonchev–Trinajstić information content (AvgIpc) is 3.07. The van der Waals surface area contributed by atoms with Crippen LogP contribution < -0.4 is 11.2 Å². The van der Waals surface area contributed by atoms with Crippen molar-refractivity contribution < 1.29 is 9.84 Å². The molecular formula is C18H21N3O4. The Morgan fingerprint density at radius 1 is 1.36 bits per heavy atom. The highest BCUT2D eigenvalue weighted by Gasteiger charge is 2.16. The molecule has 2 heterocycles. The van der Waals surface area contributed by atoms with Crippen LogP contribution in [0.1, 0.15) is 29.5 Å². The third-order valence-corrected chi connectivity index (χ3v) is 4.42. The number of nitrogens with zero attached hydrogens (tertiary/aromatic N) is 2. The van der Waals surface area contributed by atoms with Crippen LogP contribution in [0.15, 0.2) is 32.8 Å². The second kappa shape index (κ2) is 7.06. The van der Waals surface area contributed by atoms with E-state index in [1.807, 2.05) is 19.9 Å². The van der Waals surface area contributed by atoms with Crippen LogP contribution in [0.3, 0.4) is 0 Å². The molecule has 1 fully saturated rings. The maximum atomic E-state index is 12.2. The SMILES string of the molecule is Cc1ccc(-n2c(O)c(C=NC[C@@H]3CCCO3)c(=O)[nH]c2=O)cc1C. The molecule has 132 valence electrons. The summed E-state index contributed by atoms with van der Waals surface area (Å²) >= 11 is 0. The average molecular weight is 343 g/mol. The first kappa shape index (κ1) is 17.2. The van der Waals surface area contributed by atoms with Gasteiger partial charge < -0.3 is 9.84 Å². The van der Waals surface area contributed by atoms with Gasteiger partial charge in [-0.2, -0.15) is 0 Å². The molecule has 0 bridgehead atoms. The summed E-state index contributed by atoms with van der Waals surface area (Å²) in [5.74, 6) is -0.423. The number of aromatic hydroxyl groups is 1. The van der Waals surface area contributed by atoms with Crippen LogP contribution in [0.2, 0.25) is 0 Å². The minimum atomic E-state index is -0.693. The lowest BCUT2D eigenvalue weighted by Crippen LogP contribution is -2.31. The predicted molar refractivity (Wildman–Crippen MR) is 95.2 cm³/mol. The van der Waals surface area contributed by atoms with Gasteiger partial charge in [-0.05, 0) is 49.9 Å². The van der Waals surface area contributed by atoms with E-state index in [0.29, 0.717) is 12.2 Å². The molecule has 0 aliphatic carbocycles. The molecule has 7 nitrogen and oxygen atoms in total. The summed E-state index contributed by atoms with van der Waals surface area (Å²) in [6, 6.07) is 5.35. The quantitative estimate of drug-likeness (QED) is 0.821. The van der Waals surface area contributed by atoms with Gasteiger partial charge in [0.05, 0.1) is 18.3 Å². The van der Waals surface area contributed by atoms with Gasteiger partial charge in [-0.15, -0.1) is 0 Å². The number of aromatic nitrogens is 2. The highest BCUT2D eigenvalue weighted by molar-refractivity contribution is 5.82. The minimum absolute atomic E-state index is 0.0446. The van der Waals surface area contributed by atoms with Crippen LogP contribution in [0.5, 0.6) is 5.88 Å². The van der Waals surface area contributed by atoms with Crippen molar-refractivity contribution in [2.45, 2.75) is 32.8 Å². The summed E-state index contributed by atoms with van der Waals surface area (Å²) in [6.07, 6.45) is 3.28. The number of ether oxygens (including phenoxy) is 1. The van der Waals surface area contributed by atoms with Gasteiger partial charge in [0.2, 0.25) is 5.88 Å². The van der Waals surface area contributed by atoms with Crippen molar-refractivity contribution in [2.75, 3.05) is 13.2 Å². The van der Waals surface area contributed by atoms with Gasteiger partial charge in [0, 0.05) is 12.8 Å². The first-order chi connectivity index (χ1) is 12.0. The van der Waals surface area contributed by atoms with Gasteiger partial charge in [0.15, 0.2) is 0 Å². The van der Waals surface area contributed by atoms with Crippen molar-refractivity contribution in [3.8, 4) is 11.6 Å². The molecule has 1 aromatic heterocycles. The molecule has 7 heteroatoms. The Morgan fingerprint density at radius 3 is 2.84 bits per heavy atom. The van der Waals surface area contributed by atoms with Crippen LogP contribution in [0.4, 0.5) is 0 Å². The van der Waals surface area contributed by atoms with E-state index >= 15 is 0 Å². The van der Waals surface area contributed by atoms with E-state index in [1.165, 1.54) is 6.21 Å². The zero-order valence-electron chi connectivity index (χ0n) is 14.3. The van der Waals surface area contributed by atoms with Crippen molar-refractivity contribution in [3.05, 3.63) is 55.7 Å². The number of aromatic amines is 1. The van der Waals surface area contributed by atoms with Crippen molar-refractivity contribution in [1.82, 2.24) is 9.55 Å². The monoisotopic (exact) mass is 343 g/mol. The minimum Gasteiger partial charge on any atom is -0.493 e. The van der Waals surface area contributed by atoms with Crippen molar-refractivity contribution in [2.24, 2.45) is 4.99 Å². The Balaban J connectivity index is 1.99. The van der Waals surface area contributed by atoms with Crippen LogP contribution >= 0.6 is 0 Å². The smallest absolute Gasteiger partial charge is 0.335 e. The Kier molecular flexibility index (Phi) is 4.85. The molecule has 2 aromatic rings. The molecule has 1 aromatic carbocycles. The topological polar surface area (TPSA) is 96.7 Å². The first-order valence-electron chi connectivity index (χ1n) is 8.24. The summed E-state index contributed by atoms with van der Waals surface area (Å²) in [5.41, 5.74) is 1.12. The molecule has 0 unspecified atom stereocenters. The largest absolute Gasteiger partial charge is 0.493 e. The van der Waals surface area contributed by atoms with Crippen molar-refractivity contribution in [1.29, 1.82) is 0 Å². The van der Waals surface area contributed by atoms with E-state index in [2.05, 4.69) is 9.98 Å². The van der Waals surface area contributed by atoms with Gasteiger partial charge in [0.1, 0.15) is 5.56 Å². The second-order valence-electron chi connectivity index (χ2n) is 6.23. The Morgan fingerprint density at radius 2 is 2.16 bits per heavy atom. The molecule has 2 N–H and O–H groups in total. The summed E-state index contributed by atoms with van der Waals surface area (Å²) in [4.78, 5) is 30.6. The molecule has 1 aliphatic rings. The zero-order chi connectivity index (χ0) is 18.0. The maximum absolute atomic E-state index is 12.2. The highest BCUT2D eigenvalue weighted by atomic mass is 16.5. The number of H-pyrrole nitrogens is 1. The third-order valence-electron chi connectivity index (χ3n) is 4.42. The Hall–Kier alpha value is -2.67. The van der Waals surface area contributed by atoms with E-state index in [9.17, 15) is 14.7 Å². The summed E-state index contributed by atoms with van der Waals surface area (Å²) in [5, 5.41) is 10.5. The summed E-state index contributed by atoms with van der Waals surface area (Å²) in [7, 11) is 0. The summed E-state index contributed by atoms with van der Waals surface area (Å²) in [6.45, 7) is 5.01. The molecule has 1 aliphatic heterocycles. The third kappa shape index (κ3) is 3.56. The fourth-order valence-corrected chi connectivity index (χ4v) is 2.81. The van der Waals surface area contributed by atoms with Crippen LogP contribution in [-0.2, 0) is 4.74 Å².